The van der Waals surface area contributed by atoms with Gasteiger partial charge in [0.2, 0.25) is 0 Å². The summed E-state index contributed by atoms with van der Waals surface area (Å²) in [6.45, 7) is 0.681. The molecule has 80 valence electrons. The molecule has 0 saturated heterocycles. The zero-order valence-electron chi connectivity index (χ0n) is 8.30. The second-order valence-corrected chi connectivity index (χ2v) is 4.20. The molecule has 0 aromatic carbocycles. The number of pyridine rings is 1. The molecule has 3 aromatic heterocycles. The summed E-state index contributed by atoms with van der Waals surface area (Å²) in [6.07, 6.45) is 6.96. The summed E-state index contributed by atoms with van der Waals surface area (Å²) in [5.74, 6) is 0.838. The molecule has 0 unspecified atom stereocenters. The summed E-state index contributed by atoms with van der Waals surface area (Å²) in [5, 5.41) is 1.10. The summed E-state index contributed by atoms with van der Waals surface area (Å²) in [7, 11) is 0. The average Bonchev–Trinajstić information content (AvgIpc) is 2.90. The molecule has 3 aromatic rings. The molecule has 0 aliphatic heterocycles. The van der Waals surface area contributed by atoms with Crippen LogP contribution >= 0.6 is 15.9 Å². The Morgan fingerprint density at radius 1 is 1.38 bits per heavy atom. The zero-order valence-corrected chi connectivity index (χ0v) is 9.89. The van der Waals surface area contributed by atoms with Crippen molar-refractivity contribution in [3.8, 4) is 0 Å². The Bertz CT molecular complexity index is 615. The molecule has 5 heteroatoms. The quantitative estimate of drug-likeness (QED) is 0.677. The Balaban J connectivity index is 2.08. The van der Waals surface area contributed by atoms with Crippen molar-refractivity contribution in [3.63, 3.8) is 0 Å². The van der Waals surface area contributed by atoms with Crippen molar-refractivity contribution in [2.75, 3.05) is 0 Å². The van der Waals surface area contributed by atoms with E-state index in [1.807, 2.05) is 18.3 Å². The van der Waals surface area contributed by atoms with Gasteiger partial charge in [0.15, 0.2) is 6.39 Å². The van der Waals surface area contributed by atoms with E-state index in [0.29, 0.717) is 6.54 Å². The molecular weight excluding hydrogens is 270 g/mol. The lowest BCUT2D eigenvalue weighted by atomic mass is 10.3. The molecule has 4 nitrogen and oxygen atoms in total. The van der Waals surface area contributed by atoms with E-state index in [4.69, 9.17) is 4.42 Å². The maximum Gasteiger partial charge on any atom is 0.180 e. The molecule has 0 radical (unpaired) electrons. The van der Waals surface area contributed by atoms with Crippen LogP contribution in [-0.2, 0) is 6.54 Å². The van der Waals surface area contributed by atoms with Crippen LogP contribution in [0.1, 0.15) is 5.76 Å². The second kappa shape index (κ2) is 3.75. The van der Waals surface area contributed by atoms with E-state index in [0.717, 1.165) is 21.3 Å². The number of hydrogen-bond donors (Lipinski definition) is 0. The maximum atomic E-state index is 5.23. The zero-order chi connectivity index (χ0) is 11.0. The van der Waals surface area contributed by atoms with Crippen LogP contribution in [-0.4, -0.2) is 14.5 Å². The Hall–Kier alpha value is -1.62. The van der Waals surface area contributed by atoms with Crippen molar-refractivity contribution < 1.29 is 4.42 Å². The monoisotopic (exact) mass is 277 g/mol. The minimum Gasteiger partial charge on any atom is -0.447 e. The first kappa shape index (κ1) is 9.59. The highest BCUT2D eigenvalue weighted by molar-refractivity contribution is 9.10. The SMILES string of the molecule is Brc1nccc2c1ccn2Cc1cnco1. The summed E-state index contributed by atoms with van der Waals surface area (Å²) >= 11 is 3.43. The van der Waals surface area contributed by atoms with Gasteiger partial charge in [0.25, 0.3) is 0 Å². The number of halogens is 1. The fourth-order valence-corrected chi connectivity index (χ4v) is 2.17. The Morgan fingerprint density at radius 2 is 2.31 bits per heavy atom. The van der Waals surface area contributed by atoms with Crippen LogP contribution in [0.5, 0.6) is 0 Å². The summed E-state index contributed by atoms with van der Waals surface area (Å²) in [6, 6.07) is 4.01. The maximum absolute atomic E-state index is 5.23. The molecule has 3 heterocycles. The summed E-state index contributed by atoms with van der Waals surface area (Å²) < 4.78 is 8.19. The van der Waals surface area contributed by atoms with Crippen molar-refractivity contribution in [2.45, 2.75) is 6.54 Å². The van der Waals surface area contributed by atoms with Gasteiger partial charge in [-0.3, -0.25) is 0 Å². The molecule has 0 aliphatic rings. The molecule has 16 heavy (non-hydrogen) atoms. The van der Waals surface area contributed by atoms with E-state index in [2.05, 4.69) is 30.5 Å². The van der Waals surface area contributed by atoms with Gasteiger partial charge in [0.1, 0.15) is 10.4 Å². The number of fused-ring (bicyclic) bond motifs is 1. The number of nitrogens with zero attached hydrogens (tertiary/aromatic N) is 3. The van der Waals surface area contributed by atoms with Crippen molar-refractivity contribution in [1.82, 2.24) is 14.5 Å². The van der Waals surface area contributed by atoms with Gasteiger partial charge in [-0.25, -0.2) is 9.97 Å². The largest absolute Gasteiger partial charge is 0.447 e. The molecule has 0 fully saturated rings. The normalized spacial score (nSPS) is 11.1. The first-order valence-corrected chi connectivity index (χ1v) is 5.60. The summed E-state index contributed by atoms with van der Waals surface area (Å²) in [5.41, 5.74) is 1.12. The van der Waals surface area contributed by atoms with Gasteiger partial charge in [-0.15, -0.1) is 0 Å². The van der Waals surface area contributed by atoms with Gasteiger partial charge in [-0.1, -0.05) is 0 Å². The highest BCUT2D eigenvalue weighted by Gasteiger charge is 2.06. The van der Waals surface area contributed by atoms with Crippen molar-refractivity contribution in [1.29, 1.82) is 0 Å². The Kier molecular flexibility index (Phi) is 2.25. The molecule has 0 atom stereocenters. The van der Waals surface area contributed by atoms with Crippen LogP contribution in [0.3, 0.4) is 0 Å². The minimum atomic E-state index is 0.681. The van der Waals surface area contributed by atoms with Crippen LogP contribution in [0.15, 0.2) is 46.1 Å². The molecular formula is C11H8BrN3O. The van der Waals surface area contributed by atoms with E-state index < -0.39 is 0 Å². The third-order valence-corrected chi connectivity index (χ3v) is 3.09. The van der Waals surface area contributed by atoms with Crippen LogP contribution in [0.2, 0.25) is 0 Å². The predicted molar refractivity (Wildman–Crippen MR) is 63.0 cm³/mol. The number of oxazole rings is 1. The van der Waals surface area contributed by atoms with Gasteiger partial charge in [-0.05, 0) is 28.1 Å². The summed E-state index contributed by atoms with van der Waals surface area (Å²) in [4.78, 5) is 8.08. The average molecular weight is 278 g/mol. The van der Waals surface area contributed by atoms with Gasteiger partial charge in [0.05, 0.1) is 18.3 Å². The third-order valence-electron chi connectivity index (χ3n) is 2.46. The van der Waals surface area contributed by atoms with Gasteiger partial charge < -0.3 is 8.98 Å². The van der Waals surface area contributed by atoms with Crippen LogP contribution in [0.25, 0.3) is 10.9 Å². The molecule has 0 saturated carbocycles. The lowest BCUT2D eigenvalue weighted by molar-refractivity contribution is 0.492. The predicted octanol–water partition coefficient (Wildman–Crippen LogP) is 2.84. The molecule has 3 rings (SSSR count). The molecule has 0 spiro atoms. The van der Waals surface area contributed by atoms with Crippen molar-refractivity contribution in [2.24, 2.45) is 0 Å². The highest BCUT2D eigenvalue weighted by Crippen LogP contribution is 2.23. The highest BCUT2D eigenvalue weighted by atomic mass is 79.9. The first-order valence-electron chi connectivity index (χ1n) is 4.81. The van der Waals surface area contributed by atoms with Crippen LogP contribution in [0.4, 0.5) is 0 Å². The Labute approximate surface area is 100 Å². The topological polar surface area (TPSA) is 43.9 Å². The standard InChI is InChI=1S/C11H8BrN3O/c12-11-9-2-4-15(10(9)1-3-14-11)6-8-5-13-7-16-8/h1-5,7H,6H2. The molecule has 0 aliphatic carbocycles. The molecule has 0 N–H and O–H groups in total. The van der Waals surface area contributed by atoms with Gasteiger partial charge >= 0.3 is 0 Å². The minimum absolute atomic E-state index is 0.681. The van der Waals surface area contributed by atoms with Crippen LogP contribution < -0.4 is 0 Å². The molecule has 0 bridgehead atoms. The smallest absolute Gasteiger partial charge is 0.180 e. The van der Waals surface area contributed by atoms with Gasteiger partial charge in [-0.2, -0.15) is 0 Å². The van der Waals surface area contributed by atoms with E-state index >= 15 is 0 Å². The van der Waals surface area contributed by atoms with E-state index in [1.54, 1.807) is 12.4 Å². The lowest BCUT2D eigenvalue weighted by Gasteiger charge is -2.02. The van der Waals surface area contributed by atoms with Crippen molar-refractivity contribution >= 4 is 26.8 Å². The Morgan fingerprint density at radius 3 is 3.12 bits per heavy atom. The van der Waals surface area contributed by atoms with E-state index in [9.17, 15) is 0 Å². The third kappa shape index (κ3) is 1.53. The fourth-order valence-electron chi connectivity index (χ4n) is 1.71. The van der Waals surface area contributed by atoms with Crippen LogP contribution in [0, 0.1) is 0 Å². The van der Waals surface area contributed by atoms with E-state index in [1.165, 1.54) is 6.39 Å². The fraction of sp³-hybridized carbons (Fsp3) is 0.0909. The van der Waals surface area contributed by atoms with Crippen molar-refractivity contribution in [3.05, 3.63) is 47.5 Å². The van der Waals surface area contributed by atoms with Gasteiger partial charge in [0, 0.05) is 17.8 Å². The number of hydrogen-bond acceptors (Lipinski definition) is 3. The first-order chi connectivity index (χ1) is 7.84. The number of rotatable bonds is 2. The van der Waals surface area contributed by atoms with E-state index in [-0.39, 0.29) is 0 Å². The second-order valence-electron chi connectivity index (χ2n) is 3.45. The lowest BCUT2D eigenvalue weighted by Crippen LogP contribution is -1.96. The molecule has 0 amide bonds. The number of aromatic nitrogens is 3.